The second kappa shape index (κ2) is 7.09. The Morgan fingerprint density at radius 1 is 1.09 bits per heavy atom. The van der Waals surface area contributed by atoms with Gasteiger partial charge in [0, 0.05) is 30.8 Å². The summed E-state index contributed by atoms with van der Waals surface area (Å²) in [6.45, 7) is 2.93. The van der Waals surface area contributed by atoms with Crippen LogP contribution >= 0.6 is 0 Å². The van der Waals surface area contributed by atoms with Crippen LogP contribution in [-0.2, 0) is 13.1 Å². The molecule has 0 bridgehead atoms. The summed E-state index contributed by atoms with van der Waals surface area (Å²) in [6, 6.07) is 10.0. The third kappa shape index (κ3) is 3.85. The van der Waals surface area contributed by atoms with E-state index in [1.165, 1.54) is 30.3 Å². The molecule has 0 saturated carbocycles. The first-order chi connectivity index (χ1) is 10.5. The van der Waals surface area contributed by atoms with Crippen molar-refractivity contribution in [3.8, 4) is 0 Å². The fourth-order valence-electron chi connectivity index (χ4n) is 2.21. The smallest absolute Gasteiger partial charge is 0.269 e. The topological polar surface area (TPSA) is 46.4 Å². The molecule has 0 N–H and O–H groups in total. The van der Waals surface area contributed by atoms with Gasteiger partial charge in [0.25, 0.3) is 5.69 Å². The summed E-state index contributed by atoms with van der Waals surface area (Å²) in [5.41, 5.74) is 0.744. The van der Waals surface area contributed by atoms with E-state index >= 15 is 0 Å². The van der Waals surface area contributed by atoms with Crippen LogP contribution in [0.3, 0.4) is 0 Å². The van der Waals surface area contributed by atoms with Crippen LogP contribution in [0.1, 0.15) is 18.1 Å². The second-order valence-electron chi connectivity index (χ2n) is 4.93. The minimum atomic E-state index is -0.586. The van der Waals surface area contributed by atoms with Crippen molar-refractivity contribution in [2.75, 3.05) is 6.54 Å². The Kier molecular flexibility index (Phi) is 5.16. The van der Waals surface area contributed by atoms with Crippen LogP contribution in [0.4, 0.5) is 14.5 Å². The molecule has 0 aliphatic heterocycles. The summed E-state index contributed by atoms with van der Waals surface area (Å²) in [5, 5.41) is 10.8. The number of nitro groups is 1. The third-order valence-corrected chi connectivity index (χ3v) is 3.42. The van der Waals surface area contributed by atoms with Gasteiger partial charge in [0.1, 0.15) is 11.6 Å². The predicted octanol–water partition coefficient (Wildman–Crippen LogP) is 3.90. The number of nitro benzene ring substituents is 1. The summed E-state index contributed by atoms with van der Waals surface area (Å²) in [4.78, 5) is 12.1. The lowest BCUT2D eigenvalue weighted by Crippen LogP contribution is -2.23. The molecule has 6 heteroatoms. The lowest BCUT2D eigenvalue weighted by atomic mass is 10.1. The highest BCUT2D eigenvalue weighted by Gasteiger charge is 2.14. The number of benzene rings is 2. The van der Waals surface area contributed by atoms with Crippen molar-refractivity contribution < 1.29 is 13.7 Å². The molecular weight excluding hydrogens is 290 g/mol. The van der Waals surface area contributed by atoms with E-state index in [0.717, 1.165) is 5.56 Å². The zero-order valence-corrected chi connectivity index (χ0v) is 12.1. The van der Waals surface area contributed by atoms with Gasteiger partial charge in [-0.2, -0.15) is 0 Å². The summed E-state index contributed by atoms with van der Waals surface area (Å²) in [7, 11) is 0. The van der Waals surface area contributed by atoms with Gasteiger partial charge in [-0.3, -0.25) is 15.0 Å². The molecule has 0 fully saturated rings. The Labute approximate surface area is 127 Å². The van der Waals surface area contributed by atoms with Crippen molar-refractivity contribution in [3.63, 3.8) is 0 Å². The fourth-order valence-corrected chi connectivity index (χ4v) is 2.21. The molecule has 0 radical (unpaired) electrons. The zero-order chi connectivity index (χ0) is 16.1. The molecule has 116 valence electrons. The molecule has 0 spiro atoms. The summed E-state index contributed by atoms with van der Waals surface area (Å²) in [6.07, 6.45) is 0. The first-order valence-electron chi connectivity index (χ1n) is 6.90. The Morgan fingerprint density at radius 3 is 2.32 bits per heavy atom. The summed E-state index contributed by atoms with van der Waals surface area (Å²) in [5.74, 6) is -1.17. The predicted molar refractivity (Wildman–Crippen MR) is 79.2 cm³/mol. The molecule has 2 rings (SSSR count). The molecule has 0 unspecified atom stereocenters. The van der Waals surface area contributed by atoms with Crippen LogP contribution in [0.15, 0.2) is 42.5 Å². The Balaban J connectivity index is 2.16. The van der Waals surface area contributed by atoms with Gasteiger partial charge in [-0.1, -0.05) is 25.1 Å². The van der Waals surface area contributed by atoms with Crippen molar-refractivity contribution in [3.05, 3.63) is 75.3 Å². The SMILES string of the molecule is CCN(Cc1cccc([N+](=O)[O-])c1)Cc1c(F)cccc1F. The lowest BCUT2D eigenvalue weighted by molar-refractivity contribution is -0.384. The van der Waals surface area contributed by atoms with E-state index in [1.54, 1.807) is 12.1 Å². The highest BCUT2D eigenvalue weighted by Crippen LogP contribution is 2.18. The van der Waals surface area contributed by atoms with Crippen LogP contribution in [0.2, 0.25) is 0 Å². The van der Waals surface area contributed by atoms with Crippen molar-refractivity contribution in [1.82, 2.24) is 4.90 Å². The maximum Gasteiger partial charge on any atom is 0.269 e. The van der Waals surface area contributed by atoms with Crippen LogP contribution in [0, 0.1) is 21.7 Å². The quantitative estimate of drug-likeness (QED) is 0.601. The maximum atomic E-state index is 13.7. The maximum absolute atomic E-state index is 13.7. The van der Waals surface area contributed by atoms with E-state index in [4.69, 9.17) is 0 Å². The molecule has 0 heterocycles. The Hall–Kier alpha value is -2.34. The number of hydrogen-bond acceptors (Lipinski definition) is 3. The van der Waals surface area contributed by atoms with Gasteiger partial charge in [0.15, 0.2) is 0 Å². The number of nitrogens with zero attached hydrogens (tertiary/aromatic N) is 2. The molecular formula is C16H16F2N2O2. The standard InChI is InChI=1S/C16H16F2N2O2/c1-2-19(11-14-15(17)7-4-8-16(14)18)10-12-5-3-6-13(9-12)20(21)22/h3-9H,2,10-11H2,1H3. The first kappa shape index (κ1) is 16.0. The van der Waals surface area contributed by atoms with Gasteiger partial charge in [-0.05, 0) is 24.2 Å². The largest absolute Gasteiger partial charge is 0.295 e. The molecule has 0 saturated heterocycles. The minimum absolute atomic E-state index is 0.00521. The average Bonchev–Trinajstić information content (AvgIpc) is 2.50. The van der Waals surface area contributed by atoms with Crippen molar-refractivity contribution in [1.29, 1.82) is 0 Å². The molecule has 0 aliphatic carbocycles. The van der Waals surface area contributed by atoms with Crippen molar-refractivity contribution in [2.24, 2.45) is 0 Å². The van der Waals surface area contributed by atoms with Crippen LogP contribution in [0.5, 0.6) is 0 Å². The fraction of sp³-hybridized carbons (Fsp3) is 0.250. The van der Waals surface area contributed by atoms with E-state index in [-0.39, 0.29) is 17.8 Å². The Morgan fingerprint density at radius 2 is 1.73 bits per heavy atom. The van der Waals surface area contributed by atoms with Crippen LogP contribution in [-0.4, -0.2) is 16.4 Å². The van der Waals surface area contributed by atoms with Crippen molar-refractivity contribution in [2.45, 2.75) is 20.0 Å². The van der Waals surface area contributed by atoms with Gasteiger partial charge < -0.3 is 0 Å². The first-order valence-corrected chi connectivity index (χ1v) is 6.90. The molecule has 0 aliphatic rings. The highest BCUT2D eigenvalue weighted by atomic mass is 19.1. The van der Waals surface area contributed by atoms with Gasteiger partial charge in [-0.15, -0.1) is 0 Å². The van der Waals surface area contributed by atoms with E-state index in [1.807, 2.05) is 11.8 Å². The molecule has 2 aromatic rings. The molecule has 4 nitrogen and oxygen atoms in total. The molecule has 0 aromatic heterocycles. The number of halogens is 2. The summed E-state index contributed by atoms with van der Waals surface area (Å²) >= 11 is 0. The molecule has 2 aromatic carbocycles. The average molecular weight is 306 g/mol. The van der Waals surface area contributed by atoms with Crippen molar-refractivity contribution >= 4 is 5.69 Å². The van der Waals surface area contributed by atoms with Gasteiger partial charge in [0.05, 0.1) is 4.92 Å². The highest BCUT2D eigenvalue weighted by molar-refractivity contribution is 5.34. The van der Waals surface area contributed by atoms with E-state index < -0.39 is 16.6 Å². The van der Waals surface area contributed by atoms with Gasteiger partial charge in [0.2, 0.25) is 0 Å². The molecule has 0 atom stereocenters. The lowest BCUT2D eigenvalue weighted by Gasteiger charge is -2.21. The Bertz CT molecular complexity index is 657. The number of non-ortho nitro benzene ring substituents is 1. The molecule has 0 amide bonds. The van der Waals surface area contributed by atoms with E-state index in [9.17, 15) is 18.9 Å². The third-order valence-electron chi connectivity index (χ3n) is 3.42. The molecule has 22 heavy (non-hydrogen) atoms. The normalized spacial score (nSPS) is 10.9. The van der Waals surface area contributed by atoms with Crippen LogP contribution in [0.25, 0.3) is 0 Å². The monoisotopic (exact) mass is 306 g/mol. The van der Waals surface area contributed by atoms with E-state index in [0.29, 0.717) is 13.1 Å². The zero-order valence-electron chi connectivity index (χ0n) is 12.1. The van der Waals surface area contributed by atoms with Gasteiger partial charge >= 0.3 is 0 Å². The van der Waals surface area contributed by atoms with Gasteiger partial charge in [-0.25, -0.2) is 8.78 Å². The van der Waals surface area contributed by atoms with Crippen LogP contribution < -0.4 is 0 Å². The van der Waals surface area contributed by atoms with E-state index in [2.05, 4.69) is 0 Å². The summed E-state index contributed by atoms with van der Waals surface area (Å²) < 4.78 is 27.4. The number of rotatable bonds is 6. The number of hydrogen-bond donors (Lipinski definition) is 0. The minimum Gasteiger partial charge on any atom is -0.295 e. The second-order valence-corrected chi connectivity index (χ2v) is 4.93.